The average molecular weight is 502 g/mol. The fraction of sp³-hybridized carbons (Fsp3) is 0.167. The third-order valence-corrected chi connectivity index (χ3v) is 3.31. The van der Waals surface area contributed by atoms with Gasteiger partial charge in [-0.1, -0.05) is 24.4 Å². The molecule has 24 heavy (non-hydrogen) atoms. The summed E-state index contributed by atoms with van der Waals surface area (Å²) in [6, 6.07) is 11.5. The van der Waals surface area contributed by atoms with E-state index in [1.54, 1.807) is 13.1 Å². The van der Waals surface area contributed by atoms with Crippen molar-refractivity contribution < 1.29 is 34.5 Å². The Balaban J connectivity index is 0.000000279. The van der Waals surface area contributed by atoms with Gasteiger partial charge in [-0.15, -0.1) is 22.9 Å². The molecule has 1 radical (unpaired) electrons. The number of benzene rings is 1. The van der Waals surface area contributed by atoms with Crippen molar-refractivity contribution in [2.75, 3.05) is 0 Å². The van der Waals surface area contributed by atoms with Crippen LogP contribution in [-0.4, -0.2) is 21.0 Å². The molecular formula is C18H17IrN2O3-. The molecule has 6 heteroatoms. The van der Waals surface area contributed by atoms with Gasteiger partial charge in [0.25, 0.3) is 0 Å². The fourth-order valence-corrected chi connectivity index (χ4v) is 1.79. The SMILES string of the molecule is CC(=O)/C(C)=C(/C)O.[Ir].[c-]1ncccc1-c1noc2ccccc12. The van der Waals surface area contributed by atoms with Gasteiger partial charge in [0.1, 0.15) is 0 Å². The van der Waals surface area contributed by atoms with Crippen molar-refractivity contribution in [3.05, 3.63) is 60.1 Å². The van der Waals surface area contributed by atoms with Crippen LogP contribution < -0.4 is 0 Å². The van der Waals surface area contributed by atoms with Crippen LogP contribution >= 0.6 is 0 Å². The van der Waals surface area contributed by atoms with Crippen LogP contribution in [-0.2, 0) is 24.9 Å². The molecule has 0 fully saturated rings. The van der Waals surface area contributed by atoms with Crippen LogP contribution in [0.15, 0.2) is 58.5 Å². The summed E-state index contributed by atoms with van der Waals surface area (Å²) in [6.45, 7) is 4.52. The Morgan fingerprint density at radius 1 is 1.12 bits per heavy atom. The molecule has 1 aromatic carbocycles. The summed E-state index contributed by atoms with van der Waals surface area (Å²) in [4.78, 5) is 14.3. The van der Waals surface area contributed by atoms with Crippen molar-refractivity contribution in [3.8, 4) is 11.3 Å². The minimum absolute atomic E-state index is 0. The molecule has 0 aliphatic rings. The van der Waals surface area contributed by atoms with E-state index in [0.29, 0.717) is 5.57 Å². The molecule has 2 aromatic heterocycles. The normalized spacial score (nSPS) is 11.0. The van der Waals surface area contributed by atoms with Gasteiger partial charge in [0.15, 0.2) is 11.4 Å². The Labute approximate surface area is 153 Å². The number of Topliss-reactive ketones (excluding diaryl/α,β-unsaturated/α-hetero) is 1. The van der Waals surface area contributed by atoms with E-state index < -0.39 is 0 Å². The molecule has 3 rings (SSSR count). The molecule has 1 N–H and O–H groups in total. The quantitative estimate of drug-likeness (QED) is 0.325. The molecule has 0 saturated heterocycles. The maximum absolute atomic E-state index is 10.4. The molecular weight excluding hydrogens is 484 g/mol. The van der Waals surface area contributed by atoms with Crippen molar-refractivity contribution in [2.45, 2.75) is 20.8 Å². The largest absolute Gasteiger partial charge is 0.512 e. The van der Waals surface area contributed by atoms with Crippen molar-refractivity contribution in [1.29, 1.82) is 0 Å². The predicted octanol–water partition coefficient (Wildman–Crippen LogP) is 4.11. The molecule has 5 nitrogen and oxygen atoms in total. The summed E-state index contributed by atoms with van der Waals surface area (Å²) in [5, 5.41) is 13.7. The summed E-state index contributed by atoms with van der Waals surface area (Å²) in [5.41, 5.74) is 2.86. The number of allylic oxidation sites excluding steroid dienone is 2. The first-order chi connectivity index (χ1) is 11.0. The number of aliphatic hydroxyl groups is 1. The van der Waals surface area contributed by atoms with Gasteiger partial charge in [-0.25, -0.2) is 0 Å². The smallest absolute Gasteiger partial charge is 0.158 e. The topological polar surface area (TPSA) is 76.2 Å². The number of hydrogen-bond donors (Lipinski definition) is 1. The van der Waals surface area contributed by atoms with Crippen LogP contribution in [0.4, 0.5) is 0 Å². The first-order valence-electron chi connectivity index (χ1n) is 7.05. The van der Waals surface area contributed by atoms with Gasteiger partial charge in [0.05, 0.1) is 5.76 Å². The predicted molar refractivity (Wildman–Crippen MR) is 87.8 cm³/mol. The molecule has 127 valence electrons. The van der Waals surface area contributed by atoms with E-state index in [1.165, 1.54) is 13.8 Å². The monoisotopic (exact) mass is 502 g/mol. The number of aromatic nitrogens is 2. The molecule has 0 unspecified atom stereocenters. The Kier molecular flexibility index (Phi) is 7.49. The third-order valence-electron chi connectivity index (χ3n) is 3.31. The average Bonchev–Trinajstić information content (AvgIpc) is 2.99. The van der Waals surface area contributed by atoms with Gasteiger partial charge in [0, 0.05) is 36.8 Å². The zero-order valence-electron chi connectivity index (χ0n) is 13.5. The number of rotatable bonds is 2. The van der Waals surface area contributed by atoms with E-state index in [-0.39, 0.29) is 31.6 Å². The van der Waals surface area contributed by atoms with Crippen LogP contribution in [0.3, 0.4) is 0 Å². The Bertz CT molecular complexity index is 838. The summed E-state index contributed by atoms with van der Waals surface area (Å²) in [7, 11) is 0. The van der Waals surface area contributed by atoms with Gasteiger partial charge in [-0.3, -0.25) is 4.79 Å². The number of fused-ring (bicyclic) bond motifs is 1. The van der Waals surface area contributed by atoms with Crippen LogP contribution in [0.1, 0.15) is 20.8 Å². The minimum Gasteiger partial charge on any atom is -0.512 e. The van der Waals surface area contributed by atoms with Crippen molar-refractivity contribution in [2.24, 2.45) is 0 Å². The molecule has 0 atom stereocenters. The molecule has 0 aliphatic heterocycles. The Morgan fingerprint density at radius 3 is 2.38 bits per heavy atom. The Morgan fingerprint density at radius 2 is 1.83 bits per heavy atom. The van der Waals surface area contributed by atoms with Crippen LogP contribution in [0, 0.1) is 6.20 Å². The van der Waals surface area contributed by atoms with Crippen LogP contribution in [0.25, 0.3) is 22.2 Å². The number of carbonyl (C=O) groups is 1. The molecule has 0 spiro atoms. The molecule has 0 bridgehead atoms. The minimum atomic E-state index is -0.0787. The second kappa shape index (κ2) is 9.11. The summed E-state index contributed by atoms with van der Waals surface area (Å²) >= 11 is 0. The third kappa shape index (κ3) is 4.85. The number of hydrogen-bond acceptors (Lipinski definition) is 5. The Hall–Kier alpha value is -2.30. The van der Waals surface area contributed by atoms with Gasteiger partial charge in [-0.2, -0.15) is 0 Å². The maximum atomic E-state index is 10.4. The molecule has 2 heterocycles. The summed E-state index contributed by atoms with van der Waals surface area (Å²) in [6.07, 6.45) is 4.58. The standard InChI is InChI=1S/C12H7N2O.C6H10O2.Ir/c1-2-6-11-10(5-1)12(14-15-11)9-4-3-7-13-8-9;1-4(5(2)7)6(3)8;/h1-7H;7H,1-3H3;/q-1;;/b;5-4-;. The van der Waals surface area contributed by atoms with Gasteiger partial charge < -0.3 is 14.6 Å². The van der Waals surface area contributed by atoms with E-state index in [4.69, 9.17) is 9.63 Å². The van der Waals surface area contributed by atoms with Gasteiger partial charge in [0.2, 0.25) is 0 Å². The van der Waals surface area contributed by atoms with Crippen molar-refractivity contribution >= 4 is 16.8 Å². The van der Waals surface area contributed by atoms with E-state index in [9.17, 15) is 4.79 Å². The number of carbonyl (C=O) groups excluding carboxylic acids is 1. The number of pyridine rings is 1. The van der Waals surface area contributed by atoms with E-state index in [0.717, 1.165) is 22.2 Å². The van der Waals surface area contributed by atoms with Crippen molar-refractivity contribution in [3.63, 3.8) is 0 Å². The first-order valence-corrected chi connectivity index (χ1v) is 7.05. The number of aliphatic hydroxyl groups excluding tert-OH is 1. The maximum Gasteiger partial charge on any atom is 0.158 e. The summed E-state index contributed by atoms with van der Waals surface area (Å²) in [5.74, 6) is 0.0301. The molecule has 0 aliphatic carbocycles. The van der Waals surface area contributed by atoms with Crippen molar-refractivity contribution in [1.82, 2.24) is 10.1 Å². The zero-order chi connectivity index (χ0) is 16.8. The van der Waals surface area contributed by atoms with E-state index in [1.807, 2.05) is 36.4 Å². The second-order valence-corrected chi connectivity index (χ2v) is 4.96. The fourth-order valence-electron chi connectivity index (χ4n) is 1.79. The number of nitrogens with zero attached hydrogens (tertiary/aromatic N) is 2. The number of ketones is 1. The summed E-state index contributed by atoms with van der Waals surface area (Å²) < 4.78 is 5.21. The van der Waals surface area contributed by atoms with Crippen LogP contribution in [0.5, 0.6) is 0 Å². The molecule has 3 aromatic rings. The zero-order valence-corrected chi connectivity index (χ0v) is 15.9. The van der Waals surface area contributed by atoms with Gasteiger partial charge in [-0.05, 0) is 33.0 Å². The molecule has 0 saturated carbocycles. The van der Waals surface area contributed by atoms with E-state index >= 15 is 0 Å². The number of para-hydroxylation sites is 1. The van der Waals surface area contributed by atoms with Crippen LogP contribution in [0.2, 0.25) is 0 Å². The first kappa shape index (κ1) is 19.7. The van der Waals surface area contributed by atoms with Gasteiger partial charge >= 0.3 is 0 Å². The van der Waals surface area contributed by atoms with E-state index in [2.05, 4.69) is 16.3 Å². The second-order valence-electron chi connectivity index (χ2n) is 4.96. The molecule has 0 amide bonds.